The van der Waals surface area contributed by atoms with Gasteiger partial charge in [0.1, 0.15) is 0 Å². The summed E-state index contributed by atoms with van der Waals surface area (Å²) in [5.41, 5.74) is 2.41. The molecule has 0 saturated carbocycles. The summed E-state index contributed by atoms with van der Waals surface area (Å²) in [4.78, 5) is 0. The van der Waals surface area contributed by atoms with E-state index in [2.05, 4.69) is 38.1 Å². The monoisotopic (exact) mass is 266 g/mol. The van der Waals surface area contributed by atoms with Gasteiger partial charge in [0.05, 0.1) is 0 Å². The Morgan fingerprint density at radius 2 is 1.71 bits per heavy atom. The zero-order valence-electron chi connectivity index (χ0n) is 10.6. The summed E-state index contributed by atoms with van der Waals surface area (Å²) in [6, 6.07) is 8.37. The van der Waals surface area contributed by atoms with Crippen molar-refractivity contribution in [3.8, 4) is 0 Å². The van der Waals surface area contributed by atoms with E-state index in [-0.39, 0.29) is 32.7 Å². The molecule has 0 N–H and O–H groups in total. The minimum atomic E-state index is -0.483. The predicted octanol–water partition coefficient (Wildman–Crippen LogP) is 3.96. The molecule has 0 aliphatic rings. The van der Waals surface area contributed by atoms with E-state index < -0.39 is 5.89 Å². The molecule has 0 aliphatic heterocycles. The van der Waals surface area contributed by atoms with E-state index in [0.29, 0.717) is 0 Å². The molecule has 0 atom stereocenters. The van der Waals surface area contributed by atoms with E-state index in [1.807, 2.05) is 13.8 Å². The Morgan fingerprint density at radius 3 is 2.07 bits per heavy atom. The van der Waals surface area contributed by atoms with Crippen LogP contribution in [0.4, 0.5) is 0 Å². The zero-order chi connectivity index (χ0) is 10.8. The van der Waals surface area contributed by atoms with Crippen molar-refractivity contribution in [3.63, 3.8) is 0 Å². The van der Waals surface area contributed by atoms with Crippen molar-refractivity contribution < 1.29 is 34.1 Å². The molecule has 1 heteroatoms. The quantitative estimate of drug-likeness (QED) is 0.726. The number of benzene rings is 1. The summed E-state index contributed by atoms with van der Waals surface area (Å²) in [5.74, 6) is 0.937. The summed E-state index contributed by atoms with van der Waals surface area (Å²) < 4.78 is 7.88. The molecule has 0 heterocycles. The van der Waals surface area contributed by atoms with E-state index >= 15 is 0 Å². The molecule has 0 bridgehead atoms. The van der Waals surface area contributed by atoms with Gasteiger partial charge in [0.2, 0.25) is 0 Å². The van der Waals surface area contributed by atoms with Crippen LogP contribution in [0, 0.1) is 5.92 Å². The smallest absolute Gasteiger partial charge is 0.0347 e. The van der Waals surface area contributed by atoms with Crippen LogP contribution < -0.4 is 0 Å². The van der Waals surface area contributed by atoms with E-state index in [0.717, 1.165) is 12.0 Å². The maximum atomic E-state index is 7.88. The first-order valence-corrected chi connectivity index (χ1v) is 4.78. The number of hydrogen-bond donors (Lipinski definition) is 0. The molecule has 0 unspecified atom stereocenters. The van der Waals surface area contributed by atoms with Gasteiger partial charge in [-0.25, -0.2) is 0 Å². The second-order valence-electron chi connectivity index (χ2n) is 4.08. The molecular weight excluding hydrogens is 245 g/mol. The van der Waals surface area contributed by atoms with Crippen LogP contribution in [0.2, 0.25) is 0 Å². The fourth-order valence-corrected chi connectivity index (χ4v) is 1.36. The van der Waals surface area contributed by atoms with Gasteiger partial charge in [-0.3, -0.25) is 0 Å². The van der Waals surface area contributed by atoms with Crippen LogP contribution in [0.3, 0.4) is 0 Å². The normalized spacial score (nSPS) is 12.2. The first-order chi connectivity index (χ1) is 6.39. The molecule has 0 saturated heterocycles. The molecule has 14 heavy (non-hydrogen) atoms. The average molecular weight is 266 g/mol. The molecule has 75 valence electrons. The Labute approximate surface area is 115 Å². The van der Waals surface area contributed by atoms with E-state index in [9.17, 15) is 0 Å². The fourth-order valence-electron chi connectivity index (χ4n) is 1.36. The minimum absolute atomic E-state index is 0. The van der Waals surface area contributed by atoms with Gasteiger partial charge in [0, 0.05) is 34.1 Å². The van der Waals surface area contributed by atoms with Gasteiger partial charge in [0.15, 0.2) is 0 Å². The summed E-state index contributed by atoms with van der Waals surface area (Å²) >= 11 is 0. The first-order valence-electron chi connectivity index (χ1n) is 5.28. The molecule has 0 aromatic heterocycles. The number of rotatable bonds is 3. The Balaban J connectivity index is 0.00000196. The van der Waals surface area contributed by atoms with Gasteiger partial charge in [-0.1, -0.05) is 43.7 Å². The molecular formula is C13H19Y-. The molecule has 0 fully saturated rings. The Hall–Kier alpha value is 0.324. The van der Waals surface area contributed by atoms with Crippen molar-refractivity contribution in [1.29, 1.82) is 0 Å². The van der Waals surface area contributed by atoms with Gasteiger partial charge in [-0.2, -0.15) is 20.3 Å². The second kappa shape index (κ2) is 6.74. The number of hydrogen-bond acceptors (Lipinski definition) is 0. The van der Waals surface area contributed by atoms with Crippen LogP contribution in [0.1, 0.15) is 46.1 Å². The van der Waals surface area contributed by atoms with Gasteiger partial charge in [-0.15, -0.1) is 0 Å². The van der Waals surface area contributed by atoms with E-state index in [1.54, 1.807) is 0 Å². The topological polar surface area (TPSA) is 0 Å². The molecule has 1 aromatic carbocycles. The summed E-state index contributed by atoms with van der Waals surface area (Å²) in [5, 5.41) is 0. The van der Waals surface area contributed by atoms with Gasteiger partial charge in [0.25, 0.3) is 0 Å². The van der Waals surface area contributed by atoms with E-state index in [1.165, 1.54) is 11.5 Å². The fraction of sp³-hybridized carbons (Fsp3) is 0.462. The Bertz CT molecular complexity index is 282. The second-order valence-corrected chi connectivity index (χ2v) is 4.08. The summed E-state index contributed by atoms with van der Waals surface area (Å²) in [7, 11) is 0. The third kappa shape index (κ3) is 4.71. The molecule has 1 radical (unpaired) electrons. The zero-order valence-corrected chi connectivity index (χ0v) is 12.4. The van der Waals surface area contributed by atoms with Crippen LogP contribution in [0.5, 0.6) is 0 Å². The summed E-state index contributed by atoms with van der Waals surface area (Å²) in [6.45, 7) is 8.11. The molecule has 0 nitrogen and oxygen atoms in total. The van der Waals surface area contributed by atoms with Crippen molar-refractivity contribution in [2.75, 3.05) is 0 Å². The molecule has 1 aromatic rings. The van der Waals surface area contributed by atoms with Gasteiger partial charge in [-0.05, 0) is 11.5 Å². The average Bonchev–Trinajstić information content (AvgIpc) is 2.02. The molecule has 0 amide bonds. The van der Waals surface area contributed by atoms with E-state index in [4.69, 9.17) is 1.37 Å². The van der Waals surface area contributed by atoms with Crippen LogP contribution in [0.15, 0.2) is 24.3 Å². The SMILES string of the molecule is [3H]C(C)(C)c1ccc(C[C-](C)C)cc1.[Y]. The third-order valence-electron chi connectivity index (χ3n) is 2.09. The predicted molar refractivity (Wildman–Crippen MR) is 58.8 cm³/mol. The van der Waals surface area contributed by atoms with Crippen molar-refractivity contribution in [2.45, 2.75) is 40.0 Å². The van der Waals surface area contributed by atoms with Crippen molar-refractivity contribution in [2.24, 2.45) is 0 Å². The van der Waals surface area contributed by atoms with Crippen LogP contribution in [-0.4, -0.2) is 0 Å². The van der Waals surface area contributed by atoms with Crippen LogP contribution in [-0.2, 0) is 39.1 Å². The molecule has 1 rings (SSSR count). The Kier molecular flexibility index (Phi) is 5.97. The Morgan fingerprint density at radius 1 is 1.21 bits per heavy atom. The van der Waals surface area contributed by atoms with Crippen molar-refractivity contribution in [3.05, 3.63) is 41.3 Å². The maximum Gasteiger partial charge on any atom is 0.0347 e. The molecule has 0 spiro atoms. The van der Waals surface area contributed by atoms with Gasteiger partial charge < -0.3 is 5.92 Å². The van der Waals surface area contributed by atoms with Crippen molar-refractivity contribution in [1.82, 2.24) is 0 Å². The van der Waals surface area contributed by atoms with Crippen molar-refractivity contribution >= 4 is 0 Å². The maximum absolute atomic E-state index is 7.88. The third-order valence-corrected chi connectivity index (χ3v) is 2.09. The van der Waals surface area contributed by atoms with Gasteiger partial charge >= 0.3 is 0 Å². The van der Waals surface area contributed by atoms with Crippen LogP contribution in [0.25, 0.3) is 0 Å². The minimum Gasteiger partial charge on any atom is -0.315 e. The first kappa shape index (κ1) is 12.4. The summed E-state index contributed by atoms with van der Waals surface area (Å²) in [6.07, 6.45) is 1.04. The largest absolute Gasteiger partial charge is 0.315 e. The molecule has 0 aliphatic carbocycles. The standard InChI is InChI=1S/C13H19.Y/c1-10(2)9-12-5-7-13(8-6-12)11(3)4;/h5-8,11H,9H2,1-4H3;/q-1;/i11T;. The van der Waals surface area contributed by atoms with Crippen LogP contribution >= 0.6 is 0 Å².